The second-order valence-corrected chi connectivity index (χ2v) is 3.88. The van der Waals surface area contributed by atoms with Crippen molar-refractivity contribution in [3.05, 3.63) is 0 Å². The molecule has 1 aliphatic carbocycles. The Morgan fingerprint density at radius 2 is 1.81 bits per heavy atom. The Kier molecular flexibility index (Phi) is 3.44. The number of nitrogens with one attached hydrogen (secondary N) is 1. The molecule has 0 atom stereocenters. The second kappa shape index (κ2) is 4.31. The smallest absolute Gasteiger partial charge is 0.411 e. The molecule has 16 heavy (non-hydrogen) atoms. The lowest BCUT2D eigenvalue weighted by molar-refractivity contribution is -0.170. The number of hydrogen-bond acceptors (Lipinski definition) is 2. The molecule has 0 aliphatic heterocycles. The van der Waals surface area contributed by atoms with Gasteiger partial charge in [-0.2, -0.15) is 13.2 Å². The average molecular weight is 239 g/mol. The van der Waals surface area contributed by atoms with Crippen molar-refractivity contribution in [2.45, 2.75) is 43.8 Å². The minimum absolute atomic E-state index is 0.0507. The summed E-state index contributed by atoms with van der Waals surface area (Å²) in [5, 5.41) is 10.2. The first-order valence-electron chi connectivity index (χ1n) is 4.86. The molecule has 0 radical (unpaired) electrons. The van der Waals surface area contributed by atoms with Crippen LogP contribution in [-0.2, 0) is 9.59 Å². The minimum Gasteiger partial charge on any atom is -0.481 e. The number of amides is 1. The maximum atomic E-state index is 12.4. The lowest BCUT2D eigenvalue weighted by Gasteiger charge is -2.20. The summed E-state index contributed by atoms with van der Waals surface area (Å²) in [4.78, 5) is 21.2. The van der Waals surface area contributed by atoms with Crippen LogP contribution in [0.1, 0.15) is 32.1 Å². The number of aliphatic carboxylic acids is 1. The van der Waals surface area contributed by atoms with Crippen LogP contribution in [0.4, 0.5) is 13.2 Å². The van der Waals surface area contributed by atoms with E-state index in [1.807, 2.05) is 5.32 Å². The van der Waals surface area contributed by atoms with Crippen LogP contribution < -0.4 is 5.32 Å². The molecule has 0 aromatic rings. The van der Waals surface area contributed by atoms with Gasteiger partial charge in [0.05, 0.1) is 0 Å². The maximum Gasteiger partial charge on any atom is 0.411 e. The van der Waals surface area contributed by atoms with Gasteiger partial charge in [0.2, 0.25) is 5.91 Å². The highest BCUT2D eigenvalue weighted by Gasteiger charge is 2.64. The van der Waals surface area contributed by atoms with E-state index < -0.39 is 23.6 Å². The topological polar surface area (TPSA) is 66.4 Å². The molecule has 0 bridgehead atoms. The summed E-state index contributed by atoms with van der Waals surface area (Å²) in [6.07, 6.45) is -4.97. The van der Waals surface area contributed by atoms with Crippen molar-refractivity contribution in [3.8, 4) is 0 Å². The molecule has 0 aromatic carbocycles. The van der Waals surface area contributed by atoms with Gasteiger partial charge in [-0.1, -0.05) is 0 Å². The van der Waals surface area contributed by atoms with Gasteiger partial charge < -0.3 is 10.4 Å². The van der Waals surface area contributed by atoms with E-state index in [0.717, 1.165) is 0 Å². The summed E-state index contributed by atoms with van der Waals surface area (Å²) < 4.78 is 37.2. The Labute approximate surface area is 89.8 Å². The molecule has 1 fully saturated rings. The highest BCUT2D eigenvalue weighted by atomic mass is 19.4. The van der Waals surface area contributed by atoms with E-state index in [1.54, 1.807) is 0 Å². The summed E-state index contributed by atoms with van der Waals surface area (Å²) in [7, 11) is 0. The van der Waals surface area contributed by atoms with Gasteiger partial charge in [-0.15, -0.1) is 0 Å². The summed E-state index contributed by atoms with van der Waals surface area (Å²) in [5.74, 6) is -1.80. The third kappa shape index (κ3) is 3.11. The average Bonchev–Trinajstić information content (AvgIpc) is 2.83. The first kappa shape index (κ1) is 12.8. The number of carboxylic acid groups (broad SMARTS) is 1. The molecular weight excluding hydrogens is 227 g/mol. The molecule has 1 amide bonds. The predicted molar refractivity (Wildman–Crippen MR) is 47.6 cm³/mol. The Bertz CT molecular complexity index is 297. The van der Waals surface area contributed by atoms with Crippen molar-refractivity contribution in [1.29, 1.82) is 0 Å². The van der Waals surface area contributed by atoms with Crippen LogP contribution in [0.25, 0.3) is 0 Å². The third-order valence-electron chi connectivity index (χ3n) is 2.47. The van der Waals surface area contributed by atoms with Crippen molar-refractivity contribution in [3.63, 3.8) is 0 Å². The minimum atomic E-state index is -4.42. The number of rotatable bonds is 5. The number of alkyl halides is 3. The van der Waals surface area contributed by atoms with Crippen LogP contribution in [0, 0.1) is 0 Å². The van der Waals surface area contributed by atoms with Gasteiger partial charge in [-0.05, 0) is 19.3 Å². The lowest BCUT2D eigenvalue weighted by Crippen LogP contribution is -2.47. The summed E-state index contributed by atoms with van der Waals surface area (Å²) in [6.45, 7) is 0. The first-order chi connectivity index (χ1) is 7.27. The van der Waals surface area contributed by atoms with Crippen LogP contribution in [0.3, 0.4) is 0 Å². The van der Waals surface area contributed by atoms with Crippen LogP contribution >= 0.6 is 0 Å². The molecule has 0 unspecified atom stereocenters. The van der Waals surface area contributed by atoms with E-state index in [4.69, 9.17) is 5.11 Å². The molecule has 7 heteroatoms. The zero-order valence-corrected chi connectivity index (χ0v) is 8.43. The van der Waals surface area contributed by atoms with E-state index in [0.29, 0.717) is 0 Å². The van der Waals surface area contributed by atoms with Gasteiger partial charge in [-0.3, -0.25) is 9.59 Å². The highest BCUT2D eigenvalue weighted by molar-refractivity contribution is 5.78. The molecule has 0 saturated heterocycles. The molecule has 4 nitrogen and oxygen atoms in total. The van der Waals surface area contributed by atoms with Gasteiger partial charge in [-0.25, -0.2) is 0 Å². The normalized spacial score (nSPS) is 17.9. The fraction of sp³-hybridized carbons (Fsp3) is 0.778. The zero-order valence-electron chi connectivity index (χ0n) is 8.43. The number of carbonyl (C=O) groups is 2. The molecule has 1 aliphatic rings. The van der Waals surface area contributed by atoms with Crippen molar-refractivity contribution < 1.29 is 27.9 Å². The van der Waals surface area contributed by atoms with E-state index in [1.165, 1.54) is 0 Å². The zero-order chi connectivity index (χ0) is 12.4. The first-order valence-corrected chi connectivity index (χ1v) is 4.86. The van der Waals surface area contributed by atoms with Gasteiger partial charge in [0.1, 0.15) is 5.54 Å². The molecule has 1 saturated carbocycles. The number of carbonyl (C=O) groups excluding carboxylic acids is 1. The number of carboxylic acids is 1. The molecule has 0 aromatic heterocycles. The predicted octanol–water partition coefficient (Wildman–Crippen LogP) is 1.45. The third-order valence-corrected chi connectivity index (χ3v) is 2.47. The monoisotopic (exact) mass is 239 g/mol. The van der Waals surface area contributed by atoms with E-state index in [9.17, 15) is 22.8 Å². The van der Waals surface area contributed by atoms with Crippen LogP contribution in [0.5, 0.6) is 0 Å². The molecule has 92 valence electrons. The van der Waals surface area contributed by atoms with Crippen molar-refractivity contribution >= 4 is 11.9 Å². The van der Waals surface area contributed by atoms with E-state index >= 15 is 0 Å². The van der Waals surface area contributed by atoms with Crippen molar-refractivity contribution in [2.75, 3.05) is 0 Å². The summed E-state index contributed by atoms with van der Waals surface area (Å²) in [5.41, 5.74) is -2.05. The summed E-state index contributed by atoms with van der Waals surface area (Å²) >= 11 is 0. The van der Waals surface area contributed by atoms with Crippen molar-refractivity contribution in [1.82, 2.24) is 5.32 Å². The van der Waals surface area contributed by atoms with Crippen LogP contribution in [0.2, 0.25) is 0 Å². The van der Waals surface area contributed by atoms with E-state index in [-0.39, 0.29) is 32.1 Å². The SMILES string of the molecule is O=C(O)CCCC(=O)NC1(C(F)(F)F)CC1. The quantitative estimate of drug-likeness (QED) is 0.763. The molecule has 2 N–H and O–H groups in total. The highest BCUT2D eigenvalue weighted by Crippen LogP contribution is 2.48. The maximum absolute atomic E-state index is 12.4. The Balaban J connectivity index is 2.32. The lowest BCUT2D eigenvalue weighted by atomic mass is 10.2. The largest absolute Gasteiger partial charge is 0.481 e. The van der Waals surface area contributed by atoms with Gasteiger partial charge in [0.25, 0.3) is 0 Å². The Morgan fingerprint density at radius 3 is 2.19 bits per heavy atom. The molecule has 0 heterocycles. The fourth-order valence-electron chi connectivity index (χ4n) is 1.33. The number of halogens is 3. The molecule has 1 rings (SSSR count). The van der Waals surface area contributed by atoms with E-state index in [2.05, 4.69) is 0 Å². The number of hydrogen-bond donors (Lipinski definition) is 2. The Hall–Kier alpha value is -1.27. The van der Waals surface area contributed by atoms with Crippen LogP contribution in [0.15, 0.2) is 0 Å². The fourth-order valence-corrected chi connectivity index (χ4v) is 1.33. The molecule has 0 spiro atoms. The van der Waals surface area contributed by atoms with Gasteiger partial charge in [0, 0.05) is 12.8 Å². The Morgan fingerprint density at radius 1 is 1.25 bits per heavy atom. The standard InChI is InChI=1S/C9H12F3NO3/c10-9(11,12)8(4-5-8)13-6(14)2-1-3-7(15)16/h1-5H2,(H,13,14)(H,15,16). The molecular formula is C9H12F3NO3. The van der Waals surface area contributed by atoms with Gasteiger partial charge >= 0.3 is 12.1 Å². The van der Waals surface area contributed by atoms with Gasteiger partial charge in [0.15, 0.2) is 0 Å². The van der Waals surface area contributed by atoms with Crippen LogP contribution in [-0.4, -0.2) is 28.7 Å². The summed E-state index contributed by atoms with van der Waals surface area (Å²) in [6, 6.07) is 0. The second-order valence-electron chi connectivity index (χ2n) is 3.88. The van der Waals surface area contributed by atoms with Crippen molar-refractivity contribution in [2.24, 2.45) is 0 Å².